The summed E-state index contributed by atoms with van der Waals surface area (Å²) in [6.45, 7) is 5.07. The molecule has 0 spiro atoms. The largest absolute Gasteiger partial charge is 0.497 e. The Labute approximate surface area is 189 Å². The van der Waals surface area contributed by atoms with E-state index in [1.165, 1.54) is 24.6 Å². The minimum atomic E-state index is -3.80. The van der Waals surface area contributed by atoms with Crippen molar-refractivity contribution >= 4 is 15.9 Å². The Morgan fingerprint density at radius 2 is 1.69 bits per heavy atom. The third-order valence-corrected chi connectivity index (χ3v) is 7.39. The lowest BCUT2D eigenvalue weighted by molar-refractivity contribution is -0.134. The number of benzene rings is 2. The van der Waals surface area contributed by atoms with Gasteiger partial charge in [0.1, 0.15) is 22.1 Å². The lowest BCUT2D eigenvalue weighted by Crippen LogP contribution is -2.51. The Kier molecular flexibility index (Phi) is 7.63. The van der Waals surface area contributed by atoms with Gasteiger partial charge in [-0.25, -0.2) is 8.42 Å². The minimum absolute atomic E-state index is 0.0486. The lowest BCUT2D eigenvalue weighted by atomic mass is 10.0. The highest BCUT2D eigenvalue weighted by Crippen LogP contribution is 2.31. The Balaban J connectivity index is 1.61. The van der Waals surface area contributed by atoms with E-state index in [-0.39, 0.29) is 36.2 Å². The zero-order valence-corrected chi connectivity index (χ0v) is 19.7. The zero-order chi connectivity index (χ0) is 23.3. The number of hydrogen-bond acceptors (Lipinski definition) is 6. The van der Waals surface area contributed by atoms with Gasteiger partial charge in [0.2, 0.25) is 10.0 Å². The number of amides is 1. The van der Waals surface area contributed by atoms with Crippen LogP contribution < -0.4 is 14.2 Å². The van der Waals surface area contributed by atoms with Crippen LogP contribution >= 0.6 is 0 Å². The maximum Gasteiger partial charge on any atom is 0.260 e. The summed E-state index contributed by atoms with van der Waals surface area (Å²) in [5.41, 5.74) is 1.14. The first-order valence-electron chi connectivity index (χ1n) is 10.5. The van der Waals surface area contributed by atoms with E-state index in [4.69, 9.17) is 14.2 Å². The Hall–Kier alpha value is -2.78. The van der Waals surface area contributed by atoms with Crippen LogP contribution in [-0.4, -0.2) is 70.5 Å². The Bertz CT molecular complexity index is 1050. The van der Waals surface area contributed by atoms with E-state index in [2.05, 4.69) is 13.8 Å². The molecule has 3 rings (SSSR count). The number of nitrogens with zero attached hydrogens (tertiary/aromatic N) is 2. The van der Waals surface area contributed by atoms with Gasteiger partial charge in [-0.2, -0.15) is 4.31 Å². The average molecular weight is 463 g/mol. The van der Waals surface area contributed by atoms with Crippen molar-refractivity contribution in [2.75, 3.05) is 47.0 Å². The molecule has 9 heteroatoms. The van der Waals surface area contributed by atoms with Crippen molar-refractivity contribution < 1.29 is 27.4 Å². The summed E-state index contributed by atoms with van der Waals surface area (Å²) in [5, 5.41) is 0. The monoisotopic (exact) mass is 462 g/mol. The van der Waals surface area contributed by atoms with Crippen LogP contribution in [0.3, 0.4) is 0 Å². The van der Waals surface area contributed by atoms with Crippen LogP contribution in [0.4, 0.5) is 0 Å². The molecular weight excluding hydrogens is 432 g/mol. The van der Waals surface area contributed by atoms with Crippen molar-refractivity contribution in [3.05, 3.63) is 48.0 Å². The molecular formula is C23H30N2O6S. The molecule has 0 N–H and O–H groups in total. The van der Waals surface area contributed by atoms with Gasteiger partial charge >= 0.3 is 0 Å². The molecule has 1 amide bonds. The standard InChI is InChI=1S/C23H30N2O6S/c1-17(2)18-6-5-7-20(14-18)31-16-23(26)24-10-12-25(13-11-24)32(27,28)22-15-19(29-3)8-9-21(22)30-4/h5-9,14-15,17H,10-13,16H2,1-4H3. The van der Waals surface area contributed by atoms with Crippen molar-refractivity contribution in [3.8, 4) is 17.2 Å². The number of methoxy groups -OCH3 is 2. The first-order chi connectivity index (χ1) is 15.3. The average Bonchev–Trinajstić information content (AvgIpc) is 2.82. The molecule has 0 bridgehead atoms. The highest BCUT2D eigenvalue weighted by molar-refractivity contribution is 7.89. The molecule has 1 fully saturated rings. The molecule has 0 radical (unpaired) electrons. The smallest absolute Gasteiger partial charge is 0.260 e. The number of carbonyl (C=O) groups excluding carboxylic acids is 1. The molecule has 8 nitrogen and oxygen atoms in total. The molecule has 1 saturated heterocycles. The van der Waals surface area contributed by atoms with Gasteiger partial charge in [-0.05, 0) is 35.7 Å². The third kappa shape index (κ3) is 5.34. The van der Waals surface area contributed by atoms with E-state index in [9.17, 15) is 13.2 Å². The first-order valence-corrected chi connectivity index (χ1v) is 11.9. The summed E-state index contributed by atoms with van der Waals surface area (Å²) in [5.74, 6) is 1.53. The van der Waals surface area contributed by atoms with Crippen molar-refractivity contribution in [3.63, 3.8) is 0 Å². The van der Waals surface area contributed by atoms with E-state index < -0.39 is 10.0 Å². The quantitative estimate of drug-likeness (QED) is 0.600. The zero-order valence-electron chi connectivity index (χ0n) is 18.9. The van der Waals surface area contributed by atoms with Crippen LogP contribution in [0.2, 0.25) is 0 Å². The number of hydrogen-bond donors (Lipinski definition) is 0. The lowest BCUT2D eigenvalue weighted by Gasteiger charge is -2.34. The fraction of sp³-hybridized carbons (Fsp3) is 0.435. The van der Waals surface area contributed by atoms with Gasteiger partial charge in [-0.3, -0.25) is 4.79 Å². The molecule has 0 aliphatic carbocycles. The SMILES string of the molecule is COc1ccc(OC)c(S(=O)(=O)N2CCN(C(=O)COc3cccc(C(C)C)c3)CC2)c1. The molecule has 1 heterocycles. The van der Waals surface area contributed by atoms with Crippen molar-refractivity contribution in [1.82, 2.24) is 9.21 Å². The highest BCUT2D eigenvalue weighted by Gasteiger charge is 2.32. The van der Waals surface area contributed by atoms with Crippen LogP contribution in [0.1, 0.15) is 25.3 Å². The number of piperazine rings is 1. The van der Waals surface area contributed by atoms with Gasteiger partial charge in [-0.1, -0.05) is 26.0 Å². The molecule has 2 aromatic rings. The molecule has 0 aromatic heterocycles. The maximum atomic E-state index is 13.2. The summed E-state index contributed by atoms with van der Waals surface area (Å²) in [6, 6.07) is 12.4. The van der Waals surface area contributed by atoms with E-state index in [1.807, 2.05) is 24.3 Å². The first kappa shape index (κ1) is 23.9. The summed E-state index contributed by atoms with van der Waals surface area (Å²) in [4.78, 5) is 14.3. The van der Waals surface area contributed by atoms with Crippen LogP contribution in [0, 0.1) is 0 Å². The van der Waals surface area contributed by atoms with Crippen LogP contribution in [0.25, 0.3) is 0 Å². The molecule has 174 valence electrons. The van der Waals surface area contributed by atoms with Gasteiger partial charge < -0.3 is 19.1 Å². The molecule has 2 aromatic carbocycles. The van der Waals surface area contributed by atoms with Crippen molar-refractivity contribution in [2.45, 2.75) is 24.7 Å². The molecule has 1 aliphatic rings. The summed E-state index contributed by atoms with van der Waals surface area (Å²) < 4.78 is 43.8. The molecule has 0 atom stereocenters. The van der Waals surface area contributed by atoms with Crippen molar-refractivity contribution in [2.24, 2.45) is 0 Å². The van der Waals surface area contributed by atoms with Crippen molar-refractivity contribution in [1.29, 1.82) is 0 Å². The second-order valence-electron chi connectivity index (χ2n) is 7.82. The molecule has 0 saturated carbocycles. The fourth-order valence-electron chi connectivity index (χ4n) is 3.50. The third-order valence-electron chi connectivity index (χ3n) is 5.47. The molecule has 32 heavy (non-hydrogen) atoms. The fourth-order valence-corrected chi connectivity index (χ4v) is 5.10. The summed E-state index contributed by atoms with van der Waals surface area (Å²) in [7, 11) is -0.895. The predicted molar refractivity (Wildman–Crippen MR) is 121 cm³/mol. The van der Waals surface area contributed by atoms with E-state index >= 15 is 0 Å². The van der Waals surface area contributed by atoms with Gasteiger partial charge in [0.15, 0.2) is 6.61 Å². The maximum absolute atomic E-state index is 13.2. The van der Waals surface area contributed by atoms with Gasteiger partial charge in [0.25, 0.3) is 5.91 Å². The van der Waals surface area contributed by atoms with E-state index in [0.717, 1.165) is 5.56 Å². The Morgan fingerprint density at radius 3 is 2.31 bits per heavy atom. The second kappa shape index (κ2) is 10.2. The summed E-state index contributed by atoms with van der Waals surface area (Å²) in [6.07, 6.45) is 0. The Morgan fingerprint density at radius 1 is 0.969 bits per heavy atom. The van der Waals surface area contributed by atoms with E-state index in [0.29, 0.717) is 30.5 Å². The number of carbonyl (C=O) groups is 1. The normalized spacial score (nSPS) is 15.0. The van der Waals surface area contributed by atoms with E-state index in [1.54, 1.807) is 17.0 Å². The van der Waals surface area contributed by atoms with Crippen LogP contribution in [0.5, 0.6) is 17.2 Å². The summed E-state index contributed by atoms with van der Waals surface area (Å²) >= 11 is 0. The highest BCUT2D eigenvalue weighted by atomic mass is 32.2. The number of rotatable bonds is 8. The molecule has 0 unspecified atom stereocenters. The van der Waals surface area contributed by atoms with Crippen LogP contribution in [-0.2, 0) is 14.8 Å². The van der Waals surface area contributed by atoms with Crippen LogP contribution in [0.15, 0.2) is 47.4 Å². The minimum Gasteiger partial charge on any atom is -0.497 e. The van der Waals surface area contributed by atoms with Gasteiger partial charge in [-0.15, -0.1) is 0 Å². The van der Waals surface area contributed by atoms with Gasteiger partial charge in [0, 0.05) is 32.2 Å². The second-order valence-corrected chi connectivity index (χ2v) is 9.72. The predicted octanol–water partition coefficient (Wildman–Crippen LogP) is 2.74. The van der Waals surface area contributed by atoms with Gasteiger partial charge in [0.05, 0.1) is 14.2 Å². The topological polar surface area (TPSA) is 85.4 Å². The number of sulfonamides is 1. The molecule has 1 aliphatic heterocycles. The number of ether oxygens (including phenoxy) is 3.